The predicted octanol–water partition coefficient (Wildman–Crippen LogP) is 3.56. The number of nitrogens with one attached hydrogen (secondary N) is 1. The molecule has 1 N–H and O–H groups in total. The zero-order valence-electron chi connectivity index (χ0n) is 11.3. The van der Waals surface area contributed by atoms with E-state index in [-0.39, 0.29) is 5.75 Å². The zero-order chi connectivity index (χ0) is 15.2. The van der Waals surface area contributed by atoms with Crippen LogP contribution in [0.5, 0.6) is 5.75 Å². The minimum Gasteiger partial charge on any atom is -0.435 e. The minimum atomic E-state index is -2.89. The lowest BCUT2D eigenvalue weighted by molar-refractivity contribution is -0.123. The molecule has 0 fully saturated rings. The highest BCUT2D eigenvalue weighted by atomic mass is 19.3. The van der Waals surface area contributed by atoms with Crippen LogP contribution in [0.2, 0.25) is 0 Å². The third-order valence-electron chi connectivity index (χ3n) is 3.19. The van der Waals surface area contributed by atoms with Crippen molar-refractivity contribution in [3.8, 4) is 11.8 Å². The molecule has 1 amide bonds. The Morgan fingerprint density at radius 3 is 2.30 bits per heavy atom. The highest BCUT2D eigenvalue weighted by molar-refractivity contribution is 5.97. The standard InChI is InChI=1S/C14H16F2N2O2/c1-3-14(4-2,9-17)12(19)18-10-5-7-11(8-6-10)20-13(15)16/h5-8,13H,3-4H2,1-2H3,(H,18,19). The number of hydrogen-bond acceptors (Lipinski definition) is 3. The Kier molecular flexibility index (Phi) is 5.44. The van der Waals surface area contributed by atoms with E-state index in [1.807, 2.05) is 6.07 Å². The summed E-state index contributed by atoms with van der Waals surface area (Å²) >= 11 is 0. The molecule has 0 bridgehead atoms. The molecule has 0 aliphatic carbocycles. The molecule has 1 aromatic rings. The number of rotatable bonds is 6. The van der Waals surface area contributed by atoms with Crippen molar-refractivity contribution in [2.45, 2.75) is 33.3 Å². The normalized spacial score (nSPS) is 11.0. The molecule has 0 unspecified atom stereocenters. The number of alkyl halides is 2. The molecule has 0 aliphatic heterocycles. The summed E-state index contributed by atoms with van der Waals surface area (Å²) in [5.41, 5.74) is -0.642. The van der Waals surface area contributed by atoms with Crippen molar-refractivity contribution >= 4 is 11.6 Å². The molecule has 108 valence electrons. The summed E-state index contributed by atoms with van der Waals surface area (Å²) in [6, 6.07) is 7.59. The number of nitriles is 1. The molecule has 6 heteroatoms. The third-order valence-corrected chi connectivity index (χ3v) is 3.19. The lowest BCUT2D eigenvalue weighted by atomic mass is 9.83. The molecule has 20 heavy (non-hydrogen) atoms. The van der Waals surface area contributed by atoms with Crippen LogP contribution < -0.4 is 10.1 Å². The van der Waals surface area contributed by atoms with Gasteiger partial charge in [-0.1, -0.05) is 13.8 Å². The van der Waals surface area contributed by atoms with Gasteiger partial charge in [0, 0.05) is 5.69 Å². The van der Waals surface area contributed by atoms with E-state index in [0.717, 1.165) is 0 Å². The highest BCUT2D eigenvalue weighted by Gasteiger charge is 2.34. The number of halogens is 2. The van der Waals surface area contributed by atoms with Gasteiger partial charge < -0.3 is 10.1 Å². The number of anilines is 1. The SMILES string of the molecule is CCC(C#N)(CC)C(=O)Nc1ccc(OC(F)F)cc1. The van der Waals surface area contributed by atoms with Gasteiger partial charge in [-0.15, -0.1) is 0 Å². The van der Waals surface area contributed by atoms with Crippen LogP contribution in [0.1, 0.15) is 26.7 Å². The predicted molar refractivity (Wildman–Crippen MR) is 70.3 cm³/mol. The first-order valence-corrected chi connectivity index (χ1v) is 6.25. The van der Waals surface area contributed by atoms with Crippen molar-refractivity contribution in [3.05, 3.63) is 24.3 Å². The number of ether oxygens (including phenoxy) is 1. The van der Waals surface area contributed by atoms with E-state index in [1.54, 1.807) is 13.8 Å². The van der Waals surface area contributed by atoms with E-state index in [2.05, 4.69) is 10.1 Å². The Balaban J connectivity index is 2.79. The molecule has 0 atom stereocenters. The second kappa shape index (κ2) is 6.85. The molecule has 0 aliphatic rings. The molecule has 0 radical (unpaired) electrons. The Labute approximate surface area is 116 Å². The van der Waals surface area contributed by atoms with E-state index in [4.69, 9.17) is 5.26 Å². The van der Waals surface area contributed by atoms with Crippen LogP contribution in [-0.2, 0) is 4.79 Å². The number of nitrogens with zero attached hydrogens (tertiary/aromatic N) is 1. The van der Waals surface area contributed by atoms with Gasteiger partial charge in [0.15, 0.2) is 0 Å². The van der Waals surface area contributed by atoms with Crippen LogP contribution in [-0.4, -0.2) is 12.5 Å². The van der Waals surface area contributed by atoms with Crippen molar-refractivity contribution in [2.75, 3.05) is 5.32 Å². The quantitative estimate of drug-likeness (QED) is 0.867. The molecule has 1 rings (SSSR count). The van der Waals surface area contributed by atoms with Crippen LogP contribution in [0.4, 0.5) is 14.5 Å². The molecule has 0 aromatic heterocycles. The van der Waals surface area contributed by atoms with Gasteiger partial charge in [-0.25, -0.2) is 0 Å². The Hall–Kier alpha value is -2.16. The van der Waals surface area contributed by atoms with Crippen LogP contribution in [0.25, 0.3) is 0 Å². The van der Waals surface area contributed by atoms with Crippen LogP contribution in [0.15, 0.2) is 24.3 Å². The van der Waals surface area contributed by atoms with E-state index < -0.39 is 17.9 Å². The topological polar surface area (TPSA) is 62.1 Å². The molecular formula is C14H16F2N2O2. The Bertz CT molecular complexity index is 491. The Morgan fingerprint density at radius 1 is 1.35 bits per heavy atom. The van der Waals surface area contributed by atoms with Crippen molar-refractivity contribution < 1.29 is 18.3 Å². The number of hydrogen-bond donors (Lipinski definition) is 1. The van der Waals surface area contributed by atoms with Crippen molar-refractivity contribution in [1.29, 1.82) is 5.26 Å². The van der Waals surface area contributed by atoms with Crippen molar-refractivity contribution in [3.63, 3.8) is 0 Å². The second-order valence-corrected chi connectivity index (χ2v) is 4.26. The summed E-state index contributed by atoms with van der Waals surface area (Å²) in [7, 11) is 0. The highest BCUT2D eigenvalue weighted by Crippen LogP contribution is 2.27. The van der Waals surface area contributed by atoms with Gasteiger partial charge in [-0.2, -0.15) is 14.0 Å². The first kappa shape index (κ1) is 15.9. The number of amides is 1. The average molecular weight is 282 g/mol. The number of carbonyl (C=O) groups excluding carboxylic acids is 1. The molecule has 0 saturated carbocycles. The van der Waals surface area contributed by atoms with Crippen LogP contribution >= 0.6 is 0 Å². The van der Waals surface area contributed by atoms with Crippen molar-refractivity contribution in [2.24, 2.45) is 5.41 Å². The summed E-state index contributed by atoms with van der Waals surface area (Å²) in [5.74, 6) is -0.386. The Morgan fingerprint density at radius 2 is 1.90 bits per heavy atom. The number of carbonyl (C=O) groups is 1. The van der Waals surface area contributed by atoms with Crippen LogP contribution in [0.3, 0.4) is 0 Å². The largest absolute Gasteiger partial charge is 0.435 e. The average Bonchev–Trinajstić information content (AvgIpc) is 2.43. The van der Waals surface area contributed by atoms with Crippen molar-refractivity contribution in [1.82, 2.24) is 0 Å². The smallest absolute Gasteiger partial charge is 0.387 e. The maximum Gasteiger partial charge on any atom is 0.387 e. The fourth-order valence-electron chi connectivity index (χ4n) is 1.75. The van der Waals surface area contributed by atoms with E-state index >= 15 is 0 Å². The third kappa shape index (κ3) is 3.67. The molecular weight excluding hydrogens is 266 g/mol. The van der Waals surface area contributed by atoms with Gasteiger partial charge >= 0.3 is 6.61 Å². The van der Waals surface area contributed by atoms with Gasteiger partial charge in [0.1, 0.15) is 11.2 Å². The second-order valence-electron chi connectivity index (χ2n) is 4.26. The van der Waals surface area contributed by atoms with Crippen LogP contribution in [0, 0.1) is 16.7 Å². The first-order chi connectivity index (χ1) is 9.47. The summed E-state index contributed by atoms with van der Waals surface area (Å²) < 4.78 is 28.2. The first-order valence-electron chi connectivity index (χ1n) is 6.25. The fraction of sp³-hybridized carbons (Fsp3) is 0.429. The van der Waals surface area contributed by atoms with E-state index in [1.165, 1.54) is 24.3 Å². The maximum atomic E-state index is 12.1. The summed E-state index contributed by atoms with van der Waals surface area (Å²) in [6.45, 7) is 0.652. The minimum absolute atomic E-state index is 0.00975. The summed E-state index contributed by atoms with van der Waals surface area (Å²) in [5, 5.41) is 11.8. The molecule has 4 nitrogen and oxygen atoms in total. The van der Waals surface area contributed by atoms with Gasteiger partial charge in [0.25, 0.3) is 0 Å². The monoisotopic (exact) mass is 282 g/mol. The van der Waals surface area contributed by atoms with Gasteiger partial charge in [0.05, 0.1) is 6.07 Å². The zero-order valence-corrected chi connectivity index (χ0v) is 11.3. The lowest BCUT2D eigenvalue weighted by Gasteiger charge is -2.22. The molecule has 0 saturated heterocycles. The van der Waals surface area contributed by atoms with E-state index in [9.17, 15) is 13.6 Å². The van der Waals surface area contributed by atoms with Gasteiger partial charge in [0.2, 0.25) is 5.91 Å². The fourth-order valence-corrected chi connectivity index (χ4v) is 1.75. The molecule has 0 heterocycles. The summed E-state index contributed by atoms with van der Waals surface area (Å²) in [6.07, 6.45) is 0.802. The van der Waals surface area contributed by atoms with Gasteiger partial charge in [-0.05, 0) is 37.1 Å². The maximum absolute atomic E-state index is 12.1. The van der Waals surface area contributed by atoms with E-state index in [0.29, 0.717) is 18.5 Å². The molecule has 1 aromatic carbocycles. The summed E-state index contributed by atoms with van der Waals surface area (Å²) in [4.78, 5) is 12.1. The van der Waals surface area contributed by atoms with Gasteiger partial charge in [-0.3, -0.25) is 4.79 Å². The number of benzene rings is 1. The lowest BCUT2D eigenvalue weighted by Crippen LogP contribution is -2.33. The molecule has 0 spiro atoms.